The molecule has 2 aliphatic rings. The normalized spacial score (nSPS) is 18.5. The number of piperazine rings is 1. The fourth-order valence-electron chi connectivity index (χ4n) is 3.73. The van der Waals surface area contributed by atoms with Crippen molar-refractivity contribution in [2.45, 2.75) is 26.4 Å². The first-order valence-corrected chi connectivity index (χ1v) is 9.19. The largest absolute Gasteiger partial charge is 0.454 e. The van der Waals surface area contributed by atoms with Gasteiger partial charge in [0.05, 0.1) is 12.6 Å². The van der Waals surface area contributed by atoms with E-state index in [1.165, 1.54) is 0 Å². The lowest BCUT2D eigenvalue weighted by molar-refractivity contribution is 0.0812. The van der Waals surface area contributed by atoms with Crippen LogP contribution in [-0.4, -0.2) is 70.0 Å². The van der Waals surface area contributed by atoms with Crippen LogP contribution in [-0.2, 0) is 6.54 Å². The Hall–Kier alpha value is -1.90. The van der Waals surface area contributed by atoms with Crippen LogP contribution in [0.3, 0.4) is 0 Å². The number of ether oxygens (including phenoxy) is 2. The second-order valence-electron chi connectivity index (χ2n) is 7.41. The number of likely N-dealkylation sites (N-methyl/N-ethyl adjacent to an activating group) is 1. The molecule has 2 aliphatic heterocycles. The van der Waals surface area contributed by atoms with E-state index in [1.54, 1.807) is 0 Å². The highest BCUT2D eigenvalue weighted by molar-refractivity contribution is 5.85. The molecule has 148 valence electrons. The number of fused-ring (bicyclic) bond motifs is 1. The maximum absolute atomic E-state index is 5.48. The molecule has 4 rings (SSSR count). The SMILES string of the molecule is CC(C)C(c1nnnn1Cc1ccc2c(c1)OCO2)N1CCN(C)CC1.Cl. The number of tetrazole rings is 1. The molecular formula is C18H27ClN6O2. The molecule has 0 amide bonds. The zero-order valence-corrected chi connectivity index (χ0v) is 16.9. The highest BCUT2D eigenvalue weighted by atomic mass is 35.5. The third kappa shape index (κ3) is 4.17. The van der Waals surface area contributed by atoms with Crippen molar-refractivity contribution in [1.29, 1.82) is 0 Å². The minimum absolute atomic E-state index is 0. The average Bonchev–Trinajstić information content (AvgIpc) is 3.26. The molecule has 0 aliphatic carbocycles. The highest BCUT2D eigenvalue weighted by Gasteiger charge is 2.30. The van der Waals surface area contributed by atoms with Crippen molar-refractivity contribution in [3.63, 3.8) is 0 Å². The van der Waals surface area contributed by atoms with E-state index in [0.29, 0.717) is 12.5 Å². The van der Waals surface area contributed by atoms with Gasteiger partial charge in [-0.15, -0.1) is 17.5 Å². The van der Waals surface area contributed by atoms with E-state index in [-0.39, 0.29) is 25.2 Å². The summed E-state index contributed by atoms with van der Waals surface area (Å²) in [5.41, 5.74) is 1.10. The van der Waals surface area contributed by atoms with Gasteiger partial charge in [-0.2, -0.15) is 0 Å². The Morgan fingerprint density at radius 3 is 2.56 bits per heavy atom. The monoisotopic (exact) mass is 394 g/mol. The second-order valence-corrected chi connectivity index (χ2v) is 7.41. The summed E-state index contributed by atoms with van der Waals surface area (Å²) in [7, 11) is 2.17. The highest BCUT2D eigenvalue weighted by Crippen LogP contribution is 2.33. The molecule has 8 nitrogen and oxygen atoms in total. The van der Waals surface area contributed by atoms with Gasteiger partial charge in [0.1, 0.15) is 0 Å². The Labute approximate surface area is 165 Å². The van der Waals surface area contributed by atoms with Crippen molar-refractivity contribution in [2.24, 2.45) is 5.92 Å². The molecule has 1 aromatic heterocycles. The van der Waals surface area contributed by atoms with E-state index < -0.39 is 0 Å². The molecule has 0 bridgehead atoms. The van der Waals surface area contributed by atoms with Crippen LogP contribution in [0, 0.1) is 5.92 Å². The van der Waals surface area contributed by atoms with Gasteiger partial charge in [0, 0.05) is 26.2 Å². The third-order valence-electron chi connectivity index (χ3n) is 5.16. The van der Waals surface area contributed by atoms with Gasteiger partial charge in [0.2, 0.25) is 6.79 Å². The van der Waals surface area contributed by atoms with Crippen LogP contribution in [0.2, 0.25) is 0 Å². The number of halogens is 1. The summed E-state index contributed by atoms with van der Waals surface area (Å²) in [5.74, 6) is 2.95. The Kier molecular flexibility index (Phi) is 6.18. The van der Waals surface area contributed by atoms with Gasteiger partial charge in [0.15, 0.2) is 17.3 Å². The minimum Gasteiger partial charge on any atom is -0.454 e. The molecule has 2 aromatic rings. The smallest absolute Gasteiger partial charge is 0.231 e. The molecule has 1 aromatic carbocycles. The van der Waals surface area contributed by atoms with E-state index in [4.69, 9.17) is 9.47 Å². The molecule has 1 atom stereocenters. The lowest BCUT2D eigenvalue weighted by atomic mass is 10.0. The zero-order chi connectivity index (χ0) is 18.1. The summed E-state index contributed by atoms with van der Waals surface area (Å²) in [4.78, 5) is 4.87. The van der Waals surface area contributed by atoms with Crippen LogP contribution in [0.4, 0.5) is 0 Å². The molecule has 0 radical (unpaired) electrons. The predicted molar refractivity (Wildman–Crippen MR) is 103 cm³/mol. The Morgan fingerprint density at radius 1 is 1.07 bits per heavy atom. The van der Waals surface area contributed by atoms with Gasteiger partial charge in [-0.1, -0.05) is 19.9 Å². The van der Waals surface area contributed by atoms with Crippen molar-refractivity contribution >= 4 is 12.4 Å². The summed E-state index contributed by atoms with van der Waals surface area (Å²) in [6.45, 7) is 9.61. The molecule has 0 spiro atoms. The molecule has 1 fully saturated rings. The van der Waals surface area contributed by atoms with Gasteiger partial charge >= 0.3 is 0 Å². The molecule has 1 unspecified atom stereocenters. The van der Waals surface area contributed by atoms with Crippen LogP contribution in [0.15, 0.2) is 18.2 Å². The van der Waals surface area contributed by atoms with Crippen molar-refractivity contribution in [3.8, 4) is 11.5 Å². The fourth-order valence-corrected chi connectivity index (χ4v) is 3.73. The van der Waals surface area contributed by atoms with Crippen molar-refractivity contribution in [1.82, 2.24) is 30.0 Å². The fraction of sp³-hybridized carbons (Fsp3) is 0.611. The van der Waals surface area contributed by atoms with E-state index in [2.05, 4.69) is 46.2 Å². The van der Waals surface area contributed by atoms with Gasteiger partial charge in [0.25, 0.3) is 0 Å². The van der Waals surface area contributed by atoms with E-state index >= 15 is 0 Å². The predicted octanol–water partition coefficient (Wildman–Crippen LogP) is 1.82. The van der Waals surface area contributed by atoms with Crippen LogP contribution in [0.1, 0.15) is 31.3 Å². The number of rotatable bonds is 5. The number of hydrogen-bond acceptors (Lipinski definition) is 7. The minimum atomic E-state index is 0. The third-order valence-corrected chi connectivity index (χ3v) is 5.16. The summed E-state index contributed by atoms with van der Waals surface area (Å²) in [6, 6.07) is 6.21. The topological polar surface area (TPSA) is 68.5 Å². The standard InChI is InChI=1S/C18H26N6O2.ClH/c1-13(2)17(23-8-6-22(3)7-9-23)18-19-20-21-24(18)11-14-4-5-15-16(10-14)26-12-25-15;/h4-5,10,13,17H,6-9,11-12H2,1-3H3;1H. The Morgan fingerprint density at radius 2 is 1.81 bits per heavy atom. The van der Waals surface area contributed by atoms with Crippen LogP contribution in [0.5, 0.6) is 11.5 Å². The maximum atomic E-state index is 5.48. The molecule has 0 N–H and O–H groups in total. The summed E-state index contributed by atoms with van der Waals surface area (Å²) >= 11 is 0. The van der Waals surface area contributed by atoms with Crippen molar-refractivity contribution in [3.05, 3.63) is 29.6 Å². The lowest BCUT2D eigenvalue weighted by Crippen LogP contribution is -2.47. The molecule has 1 saturated heterocycles. The Balaban J connectivity index is 0.00000210. The van der Waals surface area contributed by atoms with Gasteiger partial charge in [-0.3, -0.25) is 4.90 Å². The van der Waals surface area contributed by atoms with Gasteiger partial charge < -0.3 is 14.4 Å². The first kappa shape index (κ1) is 19.9. The Bertz CT molecular complexity index is 760. The molecule has 3 heterocycles. The van der Waals surface area contributed by atoms with Gasteiger partial charge in [-0.05, 0) is 41.1 Å². The van der Waals surface area contributed by atoms with Crippen molar-refractivity contribution < 1.29 is 9.47 Å². The molecule has 9 heteroatoms. The summed E-state index contributed by atoms with van der Waals surface area (Å²) in [5, 5.41) is 12.6. The van der Waals surface area contributed by atoms with E-state index in [9.17, 15) is 0 Å². The second kappa shape index (κ2) is 8.41. The molecule has 27 heavy (non-hydrogen) atoms. The average molecular weight is 395 g/mol. The van der Waals surface area contributed by atoms with Crippen LogP contribution in [0.25, 0.3) is 0 Å². The van der Waals surface area contributed by atoms with E-state index in [1.807, 2.05) is 22.9 Å². The van der Waals surface area contributed by atoms with Crippen LogP contribution >= 0.6 is 12.4 Å². The number of aromatic nitrogens is 4. The maximum Gasteiger partial charge on any atom is 0.231 e. The van der Waals surface area contributed by atoms with Crippen molar-refractivity contribution in [2.75, 3.05) is 40.0 Å². The zero-order valence-electron chi connectivity index (χ0n) is 16.0. The first-order valence-electron chi connectivity index (χ1n) is 9.19. The number of nitrogens with zero attached hydrogens (tertiary/aromatic N) is 6. The van der Waals surface area contributed by atoms with E-state index in [0.717, 1.165) is 49.1 Å². The molecular weight excluding hydrogens is 368 g/mol. The quantitative estimate of drug-likeness (QED) is 0.766. The van der Waals surface area contributed by atoms with Gasteiger partial charge in [-0.25, -0.2) is 4.68 Å². The lowest BCUT2D eigenvalue weighted by Gasteiger charge is -2.39. The summed E-state index contributed by atoms with van der Waals surface area (Å²) in [6.07, 6.45) is 0. The number of benzene rings is 1. The first-order chi connectivity index (χ1) is 12.6. The molecule has 0 saturated carbocycles. The van der Waals surface area contributed by atoms with Crippen LogP contribution < -0.4 is 9.47 Å². The summed E-state index contributed by atoms with van der Waals surface area (Å²) < 4.78 is 12.8. The number of hydrogen-bond donors (Lipinski definition) is 0.